The summed E-state index contributed by atoms with van der Waals surface area (Å²) in [6, 6.07) is 0. The summed E-state index contributed by atoms with van der Waals surface area (Å²) in [5, 5.41) is 8.58. The van der Waals surface area contributed by atoms with Gasteiger partial charge in [0.25, 0.3) is 5.92 Å². The molecule has 1 aromatic heterocycles. The Hall–Kier alpha value is -1.10. The second-order valence-electron chi connectivity index (χ2n) is 3.92. The van der Waals surface area contributed by atoms with Crippen molar-refractivity contribution in [3.05, 3.63) is 11.9 Å². The van der Waals surface area contributed by atoms with Gasteiger partial charge in [0.15, 0.2) is 0 Å². The average Bonchev–Trinajstić information content (AvgIpc) is 2.70. The fraction of sp³-hybridized carbons (Fsp3) is 0.625. The van der Waals surface area contributed by atoms with E-state index in [0.29, 0.717) is 10.8 Å². The van der Waals surface area contributed by atoms with Gasteiger partial charge in [-0.2, -0.15) is 32.4 Å². The third kappa shape index (κ3) is 2.08. The Morgan fingerprint density at radius 1 is 0.952 bits per heavy atom. The van der Waals surface area contributed by atoms with Gasteiger partial charge >= 0.3 is 17.8 Å². The van der Waals surface area contributed by atoms with E-state index in [2.05, 4.69) is 15.5 Å². The Labute approximate surface area is 124 Å². The molecule has 0 aromatic carbocycles. The molecule has 21 heavy (non-hydrogen) atoms. The summed E-state index contributed by atoms with van der Waals surface area (Å²) in [6.45, 7) is 0. The van der Waals surface area contributed by atoms with E-state index in [1.807, 2.05) is 0 Å². The van der Waals surface area contributed by atoms with Crippen LogP contribution in [0.4, 0.5) is 35.1 Å². The molecule has 0 N–H and O–H groups in total. The molecule has 0 unspecified atom stereocenters. The number of allylic oxidation sites excluding steroid dienone is 2. The molecule has 0 aliphatic heterocycles. The summed E-state index contributed by atoms with van der Waals surface area (Å²) < 4.78 is 105. The SMILES string of the molecule is Cn1nnnc1C1=[C-]C(F)(F)C(F)(F)C(F)(F)C1(F)F.[Ir]. The quantitative estimate of drug-likeness (QED) is 0.439. The summed E-state index contributed by atoms with van der Waals surface area (Å²) in [5.41, 5.74) is -2.19. The van der Waals surface area contributed by atoms with Crippen molar-refractivity contribution >= 4 is 5.57 Å². The molecule has 0 saturated heterocycles. The van der Waals surface area contributed by atoms with Gasteiger partial charge in [0.05, 0.1) is 0 Å². The zero-order valence-corrected chi connectivity index (χ0v) is 12.0. The molecule has 13 heteroatoms. The van der Waals surface area contributed by atoms with E-state index in [1.54, 1.807) is 0 Å². The van der Waals surface area contributed by atoms with Crippen LogP contribution in [0.2, 0.25) is 0 Å². The van der Waals surface area contributed by atoms with Crippen LogP contribution in [-0.4, -0.2) is 43.9 Å². The third-order valence-electron chi connectivity index (χ3n) is 2.62. The predicted octanol–water partition coefficient (Wildman–Crippen LogP) is 1.95. The summed E-state index contributed by atoms with van der Waals surface area (Å²) in [7, 11) is 0.878. The minimum Gasteiger partial charge on any atom is -0.307 e. The number of nitrogens with zero attached hydrogens (tertiary/aromatic N) is 4. The number of tetrazole rings is 1. The fourth-order valence-electron chi connectivity index (χ4n) is 1.50. The van der Waals surface area contributed by atoms with Gasteiger partial charge in [0, 0.05) is 33.0 Å². The third-order valence-corrected chi connectivity index (χ3v) is 2.62. The Balaban J connectivity index is 0.00000220. The van der Waals surface area contributed by atoms with E-state index in [0.717, 1.165) is 7.05 Å². The van der Waals surface area contributed by atoms with Gasteiger partial charge in [-0.15, -0.1) is 0 Å². The number of aromatic nitrogens is 4. The molecule has 1 heterocycles. The van der Waals surface area contributed by atoms with Gasteiger partial charge in [0.1, 0.15) is 0 Å². The van der Waals surface area contributed by atoms with Gasteiger partial charge in [0.2, 0.25) is 0 Å². The molecule has 1 aromatic rings. The number of rotatable bonds is 1. The molecule has 1 aliphatic rings. The summed E-state index contributed by atoms with van der Waals surface area (Å²) in [6.07, 6.45) is 0.412. The van der Waals surface area contributed by atoms with Crippen molar-refractivity contribution in [2.24, 2.45) is 7.05 Å². The van der Waals surface area contributed by atoms with E-state index >= 15 is 0 Å². The van der Waals surface area contributed by atoms with Crippen LogP contribution < -0.4 is 0 Å². The topological polar surface area (TPSA) is 43.6 Å². The minimum atomic E-state index is -6.34. The molecular weight excluding hydrogens is 496 g/mol. The molecule has 0 saturated carbocycles. The Morgan fingerprint density at radius 3 is 1.90 bits per heavy atom. The van der Waals surface area contributed by atoms with E-state index in [-0.39, 0.29) is 20.1 Å². The van der Waals surface area contributed by atoms with Gasteiger partial charge in [-0.3, -0.25) is 0 Å². The van der Waals surface area contributed by atoms with Crippen LogP contribution in [0.5, 0.6) is 0 Å². The van der Waals surface area contributed by atoms with Crippen molar-refractivity contribution in [3.63, 3.8) is 0 Å². The molecule has 0 amide bonds. The molecule has 1 aliphatic carbocycles. The second-order valence-corrected chi connectivity index (χ2v) is 3.92. The van der Waals surface area contributed by atoms with Crippen molar-refractivity contribution in [3.8, 4) is 0 Å². The molecule has 0 bridgehead atoms. The van der Waals surface area contributed by atoms with E-state index in [9.17, 15) is 35.1 Å². The van der Waals surface area contributed by atoms with Crippen molar-refractivity contribution in [1.29, 1.82) is 0 Å². The zero-order chi connectivity index (χ0) is 15.6. The van der Waals surface area contributed by atoms with E-state index < -0.39 is 35.1 Å². The molecule has 0 atom stereocenters. The average molecular weight is 499 g/mol. The van der Waals surface area contributed by atoms with Crippen molar-refractivity contribution in [1.82, 2.24) is 20.2 Å². The Bertz CT molecular complexity index is 581. The maximum atomic E-state index is 13.5. The summed E-state index contributed by atoms with van der Waals surface area (Å²) in [5.74, 6) is -25.1. The number of alkyl halides is 8. The second kappa shape index (κ2) is 4.70. The largest absolute Gasteiger partial charge is 0.378 e. The fourth-order valence-corrected chi connectivity index (χ4v) is 1.50. The van der Waals surface area contributed by atoms with Gasteiger partial charge in [-0.05, 0) is 5.21 Å². The van der Waals surface area contributed by atoms with Crippen molar-refractivity contribution < 1.29 is 55.2 Å². The zero-order valence-electron chi connectivity index (χ0n) is 9.65. The van der Waals surface area contributed by atoms with Crippen molar-refractivity contribution in [2.75, 3.05) is 0 Å². The molecule has 4 nitrogen and oxygen atoms in total. The maximum Gasteiger partial charge on any atom is 0.378 e. The van der Waals surface area contributed by atoms with Gasteiger partial charge < -0.3 is 4.68 Å². The Kier molecular flexibility index (Phi) is 4.02. The van der Waals surface area contributed by atoms with E-state index in [4.69, 9.17) is 0 Å². The first kappa shape index (κ1) is 17.9. The molecule has 2 rings (SSSR count). The van der Waals surface area contributed by atoms with Gasteiger partial charge in [-0.1, -0.05) is 10.8 Å². The van der Waals surface area contributed by atoms with Crippen molar-refractivity contribution in [2.45, 2.75) is 23.7 Å². The monoisotopic (exact) mass is 500 g/mol. The molecule has 0 spiro atoms. The van der Waals surface area contributed by atoms with Crippen LogP contribution in [0.15, 0.2) is 0 Å². The van der Waals surface area contributed by atoms with Crippen LogP contribution in [-0.2, 0) is 27.2 Å². The summed E-state index contributed by atoms with van der Waals surface area (Å²) in [4.78, 5) is 0. The van der Waals surface area contributed by atoms with Crippen LogP contribution >= 0.6 is 0 Å². The van der Waals surface area contributed by atoms with Crippen LogP contribution in [0.25, 0.3) is 5.57 Å². The van der Waals surface area contributed by atoms with Crippen LogP contribution in [0.1, 0.15) is 5.82 Å². The first-order valence-corrected chi connectivity index (χ1v) is 4.76. The smallest absolute Gasteiger partial charge is 0.307 e. The first-order valence-electron chi connectivity index (χ1n) is 4.76. The minimum absolute atomic E-state index is 0. The van der Waals surface area contributed by atoms with E-state index in [1.165, 1.54) is 0 Å². The molecule has 1 radical (unpaired) electrons. The Morgan fingerprint density at radius 2 is 1.48 bits per heavy atom. The van der Waals surface area contributed by atoms with Crippen LogP contribution in [0, 0.1) is 6.08 Å². The summed E-state index contributed by atoms with van der Waals surface area (Å²) >= 11 is 0. The maximum absolute atomic E-state index is 13.5. The first-order chi connectivity index (χ1) is 8.86. The number of aryl methyl sites for hydroxylation is 1. The normalized spacial score (nSPS) is 24.9. The van der Waals surface area contributed by atoms with Crippen LogP contribution in [0.3, 0.4) is 0 Å². The predicted molar refractivity (Wildman–Crippen MR) is 45.2 cm³/mol. The molecule has 0 fully saturated rings. The van der Waals surface area contributed by atoms with Gasteiger partial charge in [-0.25, -0.2) is 13.9 Å². The number of hydrogen-bond donors (Lipinski definition) is 0. The molecular formula is C8H3F8IrN4-. The molecule has 121 valence electrons. The number of halogens is 8. The number of hydrogen-bond acceptors (Lipinski definition) is 3. The standard InChI is InChI=1S/C8H3F8N4.Ir/c1-20-4(17-18-19-20)3-2-5(9,10)7(13,14)8(15,16)6(3,11)12;/h1H3;/q-1;.